The number of fused-ring (bicyclic) bond motifs is 2. The van der Waals surface area contributed by atoms with Gasteiger partial charge in [0.2, 0.25) is 5.78 Å². The normalized spacial score (nSPS) is 22.4. The standard InChI is InChI=1S/C17H15N3O3/c1-23-12-4-2-3-11(9-12)20-8-6-17(22)15(21)13-5-7-18-10-14(13)19-16(17)20/h2-5,7,9-10,22H,6,8H2,1H3. The van der Waals surface area contributed by atoms with E-state index in [0.29, 0.717) is 35.8 Å². The van der Waals surface area contributed by atoms with Gasteiger partial charge in [0.1, 0.15) is 11.6 Å². The molecule has 0 amide bonds. The van der Waals surface area contributed by atoms with E-state index < -0.39 is 5.60 Å². The zero-order valence-electron chi connectivity index (χ0n) is 12.6. The SMILES string of the molecule is COc1cccc(N2CCC3(O)C(=O)c4ccncc4N=C23)c1. The lowest BCUT2D eigenvalue weighted by Gasteiger charge is -2.29. The zero-order chi connectivity index (χ0) is 16.0. The Bertz CT molecular complexity index is 833. The maximum atomic E-state index is 12.7. The minimum absolute atomic E-state index is 0.309. The molecule has 1 N–H and O–H groups in total. The molecule has 1 saturated heterocycles. The quantitative estimate of drug-likeness (QED) is 0.918. The van der Waals surface area contributed by atoms with Crippen molar-refractivity contribution >= 4 is 23.0 Å². The minimum atomic E-state index is -1.57. The highest BCUT2D eigenvalue weighted by atomic mass is 16.5. The number of aromatic nitrogens is 1. The maximum absolute atomic E-state index is 12.7. The van der Waals surface area contributed by atoms with Crippen molar-refractivity contribution in [3.8, 4) is 5.75 Å². The van der Waals surface area contributed by atoms with E-state index in [-0.39, 0.29) is 5.78 Å². The van der Waals surface area contributed by atoms with E-state index in [1.165, 1.54) is 6.20 Å². The molecule has 0 saturated carbocycles. The minimum Gasteiger partial charge on any atom is -0.497 e. The van der Waals surface area contributed by atoms with Crippen molar-refractivity contribution in [3.63, 3.8) is 0 Å². The lowest BCUT2D eigenvalue weighted by Crippen LogP contribution is -2.48. The van der Waals surface area contributed by atoms with Crippen LogP contribution in [0.2, 0.25) is 0 Å². The number of pyridine rings is 1. The average Bonchev–Trinajstić information content (AvgIpc) is 2.93. The number of anilines is 1. The molecule has 2 aliphatic rings. The molecule has 6 nitrogen and oxygen atoms in total. The smallest absolute Gasteiger partial charge is 0.204 e. The summed E-state index contributed by atoms with van der Waals surface area (Å²) in [6.07, 6.45) is 3.39. The van der Waals surface area contributed by atoms with Crippen LogP contribution in [0.4, 0.5) is 11.4 Å². The van der Waals surface area contributed by atoms with Crippen molar-refractivity contribution in [2.75, 3.05) is 18.6 Å². The number of ketones is 1. The number of aliphatic imine (C=N–C) groups is 1. The van der Waals surface area contributed by atoms with Gasteiger partial charge in [0.15, 0.2) is 5.60 Å². The van der Waals surface area contributed by atoms with Crippen molar-refractivity contribution in [2.45, 2.75) is 12.0 Å². The molecule has 1 fully saturated rings. The number of carbonyl (C=O) groups excluding carboxylic acids is 1. The van der Waals surface area contributed by atoms with E-state index in [1.54, 1.807) is 19.4 Å². The van der Waals surface area contributed by atoms with Crippen molar-refractivity contribution in [1.82, 2.24) is 4.98 Å². The molecule has 6 heteroatoms. The fourth-order valence-corrected chi connectivity index (χ4v) is 3.12. The number of hydrogen-bond acceptors (Lipinski definition) is 6. The van der Waals surface area contributed by atoms with Crippen LogP contribution < -0.4 is 9.64 Å². The number of aliphatic hydroxyl groups is 1. The summed E-state index contributed by atoms with van der Waals surface area (Å²) in [6.45, 7) is 0.510. The zero-order valence-corrected chi connectivity index (χ0v) is 12.6. The predicted octanol–water partition coefficient (Wildman–Crippen LogP) is 1.96. The number of ether oxygens (including phenoxy) is 1. The van der Waals surface area contributed by atoms with Gasteiger partial charge in [-0.2, -0.15) is 0 Å². The fourth-order valence-electron chi connectivity index (χ4n) is 3.12. The molecule has 0 spiro atoms. The third-order valence-electron chi connectivity index (χ3n) is 4.33. The lowest BCUT2D eigenvalue weighted by molar-refractivity contribution is 0.0602. The number of methoxy groups -OCH3 is 1. The van der Waals surface area contributed by atoms with E-state index >= 15 is 0 Å². The first-order chi connectivity index (χ1) is 11.1. The van der Waals surface area contributed by atoms with Crippen LogP contribution in [-0.4, -0.2) is 41.0 Å². The van der Waals surface area contributed by atoms with Crippen LogP contribution in [0.15, 0.2) is 47.7 Å². The summed E-state index contributed by atoms with van der Waals surface area (Å²) in [7, 11) is 1.60. The molecule has 1 atom stereocenters. The molecular formula is C17H15N3O3. The molecule has 0 aliphatic carbocycles. The number of nitrogens with zero attached hydrogens (tertiary/aromatic N) is 3. The van der Waals surface area contributed by atoms with Crippen LogP contribution in [0, 0.1) is 0 Å². The third kappa shape index (κ3) is 1.95. The van der Waals surface area contributed by atoms with Gasteiger partial charge < -0.3 is 14.7 Å². The van der Waals surface area contributed by atoms with Crippen LogP contribution in [0.1, 0.15) is 16.8 Å². The molecule has 1 unspecified atom stereocenters. The topological polar surface area (TPSA) is 75.0 Å². The second-order valence-corrected chi connectivity index (χ2v) is 5.62. The summed E-state index contributed by atoms with van der Waals surface area (Å²) in [5, 5.41) is 10.9. The monoisotopic (exact) mass is 309 g/mol. The van der Waals surface area contributed by atoms with Gasteiger partial charge in [0, 0.05) is 30.9 Å². The first kappa shape index (κ1) is 13.9. The number of benzene rings is 1. The van der Waals surface area contributed by atoms with Gasteiger partial charge in [0.25, 0.3) is 0 Å². The van der Waals surface area contributed by atoms with E-state index in [4.69, 9.17) is 4.74 Å². The Morgan fingerprint density at radius 1 is 1.35 bits per heavy atom. The molecule has 0 bridgehead atoms. The van der Waals surface area contributed by atoms with Gasteiger partial charge in [-0.25, -0.2) is 4.99 Å². The van der Waals surface area contributed by atoms with Gasteiger partial charge in [-0.1, -0.05) is 6.07 Å². The number of Topliss-reactive ketones (excluding diaryl/α,β-unsaturated/α-hetero) is 1. The second kappa shape index (κ2) is 4.89. The predicted molar refractivity (Wildman–Crippen MR) is 85.6 cm³/mol. The summed E-state index contributed by atoms with van der Waals surface area (Å²) >= 11 is 0. The van der Waals surface area contributed by atoms with Gasteiger partial charge in [-0.15, -0.1) is 0 Å². The van der Waals surface area contributed by atoms with Crippen molar-refractivity contribution in [3.05, 3.63) is 48.3 Å². The van der Waals surface area contributed by atoms with E-state index in [1.807, 2.05) is 29.2 Å². The van der Waals surface area contributed by atoms with Gasteiger partial charge >= 0.3 is 0 Å². The summed E-state index contributed by atoms with van der Waals surface area (Å²) in [6, 6.07) is 9.08. The van der Waals surface area contributed by atoms with Crippen LogP contribution in [-0.2, 0) is 0 Å². The third-order valence-corrected chi connectivity index (χ3v) is 4.33. The van der Waals surface area contributed by atoms with Gasteiger partial charge in [-0.05, 0) is 18.2 Å². The number of carbonyl (C=O) groups is 1. The van der Waals surface area contributed by atoms with Gasteiger partial charge in [-0.3, -0.25) is 9.78 Å². The molecule has 1 aromatic heterocycles. The molecule has 116 valence electrons. The van der Waals surface area contributed by atoms with Crippen LogP contribution >= 0.6 is 0 Å². The summed E-state index contributed by atoms with van der Waals surface area (Å²) in [4.78, 5) is 23.1. The summed E-state index contributed by atoms with van der Waals surface area (Å²) in [5.74, 6) is 0.754. The molecule has 23 heavy (non-hydrogen) atoms. The average molecular weight is 309 g/mol. The van der Waals surface area contributed by atoms with Crippen LogP contribution in [0.25, 0.3) is 0 Å². The first-order valence-electron chi connectivity index (χ1n) is 7.35. The highest BCUT2D eigenvalue weighted by molar-refractivity contribution is 6.28. The first-order valence-corrected chi connectivity index (χ1v) is 7.35. The number of rotatable bonds is 2. The Morgan fingerprint density at radius 3 is 3.04 bits per heavy atom. The summed E-state index contributed by atoms with van der Waals surface area (Å²) in [5.41, 5.74) is 0.169. The van der Waals surface area contributed by atoms with E-state index in [0.717, 1.165) is 5.69 Å². The molecule has 1 aromatic carbocycles. The Hall–Kier alpha value is -2.73. The Labute approximate surface area is 133 Å². The Morgan fingerprint density at radius 2 is 2.22 bits per heavy atom. The van der Waals surface area contributed by atoms with Gasteiger partial charge in [0.05, 0.1) is 24.6 Å². The van der Waals surface area contributed by atoms with E-state index in [9.17, 15) is 9.90 Å². The molecular weight excluding hydrogens is 294 g/mol. The van der Waals surface area contributed by atoms with Crippen molar-refractivity contribution in [1.29, 1.82) is 0 Å². The van der Waals surface area contributed by atoms with E-state index in [2.05, 4.69) is 9.98 Å². The van der Waals surface area contributed by atoms with Crippen molar-refractivity contribution in [2.24, 2.45) is 4.99 Å². The Kier molecular flexibility index (Phi) is 2.96. The van der Waals surface area contributed by atoms with Crippen molar-refractivity contribution < 1.29 is 14.6 Å². The molecule has 2 aromatic rings. The lowest BCUT2D eigenvalue weighted by atomic mass is 9.88. The number of hydrogen-bond donors (Lipinski definition) is 1. The molecule has 0 radical (unpaired) electrons. The largest absolute Gasteiger partial charge is 0.497 e. The second-order valence-electron chi connectivity index (χ2n) is 5.62. The number of amidine groups is 1. The molecule has 2 aliphatic heterocycles. The highest BCUT2D eigenvalue weighted by Crippen LogP contribution is 2.39. The maximum Gasteiger partial charge on any atom is 0.204 e. The van der Waals surface area contributed by atoms with Crippen LogP contribution in [0.5, 0.6) is 5.75 Å². The van der Waals surface area contributed by atoms with Crippen LogP contribution in [0.3, 0.4) is 0 Å². The molecule has 3 heterocycles. The Balaban J connectivity index is 1.84. The fraction of sp³-hybridized carbons (Fsp3) is 0.235. The summed E-state index contributed by atoms with van der Waals surface area (Å²) < 4.78 is 5.25. The molecule has 4 rings (SSSR count). The highest BCUT2D eigenvalue weighted by Gasteiger charge is 2.52.